The Hall–Kier alpha value is -1.58. The molecular weight excluding hydrogens is 214 g/mol. The highest BCUT2D eigenvalue weighted by atomic mass is 16.1. The van der Waals surface area contributed by atoms with Crippen LogP contribution in [-0.2, 0) is 0 Å². The van der Waals surface area contributed by atoms with E-state index >= 15 is 0 Å². The van der Waals surface area contributed by atoms with Crippen molar-refractivity contribution in [3.63, 3.8) is 0 Å². The molecule has 1 fully saturated rings. The molecule has 17 heavy (non-hydrogen) atoms. The Morgan fingerprint density at radius 1 is 1.47 bits per heavy atom. The predicted octanol–water partition coefficient (Wildman–Crippen LogP) is 2.07. The third-order valence-electron chi connectivity index (χ3n) is 3.13. The lowest BCUT2D eigenvalue weighted by Gasteiger charge is -2.13. The van der Waals surface area contributed by atoms with Gasteiger partial charge in [0.05, 0.1) is 0 Å². The summed E-state index contributed by atoms with van der Waals surface area (Å²) in [4.78, 5) is 16.3. The number of nitrogen functional groups attached to an aromatic ring is 1. The summed E-state index contributed by atoms with van der Waals surface area (Å²) in [7, 11) is 0. The first-order chi connectivity index (χ1) is 7.89. The highest BCUT2D eigenvalue weighted by Crippen LogP contribution is 2.34. The number of nitrogens with zero attached hydrogens (tertiary/aromatic N) is 1. The molecule has 1 heterocycles. The van der Waals surface area contributed by atoms with Crippen molar-refractivity contribution in [1.29, 1.82) is 0 Å². The van der Waals surface area contributed by atoms with Gasteiger partial charge in [0, 0.05) is 16.8 Å². The van der Waals surface area contributed by atoms with Crippen LogP contribution in [0, 0.1) is 0 Å². The van der Waals surface area contributed by atoms with E-state index in [0.717, 1.165) is 18.5 Å². The minimum absolute atomic E-state index is 0.00684. The summed E-state index contributed by atoms with van der Waals surface area (Å²) in [5.41, 5.74) is 7.18. The van der Waals surface area contributed by atoms with Crippen LogP contribution in [0.3, 0.4) is 0 Å². The predicted molar refractivity (Wildman–Crippen MR) is 67.8 cm³/mol. The molecule has 0 atom stereocenters. The quantitative estimate of drug-likeness (QED) is 0.839. The lowest BCUT2D eigenvalue weighted by Crippen LogP contribution is -2.34. The van der Waals surface area contributed by atoms with Crippen LogP contribution in [0.25, 0.3) is 0 Å². The average molecular weight is 233 g/mol. The molecule has 92 valence electrons. The Bertz CT molecular complexity index is 450. The summed E-state index contributed by atoms with van der Waals surface area (Å²) >= 11 is 0. The van der Waals surface area contributed by atoms with Crippen molar-refractivity contribution in [2.45, 2.75) is 45.1 Å². The van der Waals surface area contributed by atoms with Crippen molar-refractivity contribution >= 4 is 11.7 Å². The van der Waals surface area contributed by atoms with Crippen molar-refractivity contribution in [1.82, 2.24) is 10.3 Å². The van der Waals surface area contributed by atoms with E-state index in [-0.39, 0.29) is 17.4 Å². The number of hydrogen-bond donors (Lipinski definition) is 2. The summed E-state index contributed by atoms with van der Waals surface area (Å²) in [6.07, 6.45) is 2.10. The lowest BCUT2D eigenvalue weighted by atomic mass is 10.1. The van der Waals surface area contributed by atoms with Crippen molar-refractivity contribution in [2.75, 3.05) is 5.73 Å². The van der Waals surface area contributed by atoms with Gasteiger partial charge < -0.3 is 11.1 Å². The van der Waals surface area contributed by atoms with E-state index in [9.17, 15) is 4.79 Å². The molecule has 1 saturated carbocycles. The SMILES string of the molecule is CC(C)c1cc(C(=O)NC2(C)CC2)cc(N)n1. The molecule has 0 bridgehead atoms. The number of amides is 1. The number of hydrogen-bond acceptors (Lipinski definition) is 3. The van der Waals surface area contributed by atoms with E-state index in [1.165, 1.54) is 0 Å². The third-order valence-corrected chi connectivity index (χ3v) is 3.13. The van der Waals surface area contributed by atoms with Gasteiger partial charge in [-0.1, -0.05) is 13.8 Å². The van der Waals surface area contributed by atoms with Gasteiger partial charge in [0.1, 0.15) is 5.82 Å². The highest BCUT2D eigenvalue weighted by Gasteiger charge is 2.38. The lowest BCUT2D eigenvalue weighted by molar-refractivity contribution is 0.0935. The van der Waals surface area contributed by atoms with Crippen LogP contribution in [0.1, 0.15) is 55.6 Å². The first-order valence-electron chi connectivity index (χ1n) is 6.00. The smallest absolute Gasteiger partial charge is 0.251 e. The fourth-order valence-corrected chi connectivity index (χ4v) is 1.66. The van der Waals surface area contributed by atoms with Gasteiger partial charge in [0.25, 0.3) is 5.91 Å². The zero-order valence-electron chi connectivity index (χ0n) is 10.6. The van der Waals surface area contributed by atoms with E-state index < -0.39 is 0 Å². The molecule has 0 aromatic carbocycles. The molecule has 4 nitrogen and oxygen atoms in total. The molecule has 0 spiro atoms. The van der Waals surface area contributed by atoms with Crippen LogP contribution < -0.4 is 11.1 Å². The maximum absolute atomic E-state index is 12.0. The average Bonchev–Trinajstić information content (AvgIpc) is 2.95. The molecule has 1 aliphatic carbocycles. The minimum atomic E-state index is -0.0546. The van der Waals surface area contributed by atoms with Gasteiger partial charge in [-0.15, -0.1) is 0 Å². The van der Waals surface area contributed by atoms with Gasteiger partial charge in [-0.3, -0.25) is 4.79 Å². The van der Waals surface area contributed by atoms with Gasteiger partial charge >= 0.3 is 0 Å². The third kappa shape index (κ3) is 2.75. The van der Waals surface area contributed by atoms with E-state index in [2.05, 4.69) is 17.2 Å². The molecule has 0 unspecified atom stereocenters. The van der Waals surface area contributed by atoms with Gasteiger partial charge in [-0.25, -0.2) is 4.98 Å². The largest absolute Gasteiger partial charge is 0.384 e. The highest BCUT2D eigenvalue weighted by molar-refractivity contribution is 5.95. The zero-order chi connectivity index (χ0) is 12.6. The van der Waals surface area contributed by atoms with Crippen LogP contribution in [-0.4, -0.2) is 16.4 Å². The molecule has 3 N–H and O–H groups in total. The van der Waals surface area contributed by atoms with Gasteiger partial charge in [-0.05, 0) is 37.8 Å². The number of rotatable bonds is 3. The molecule has 1 aliphatic rings. The Morgan fingerprint density at radius 2 is 2.12 bits per heavy atom. The van der Waals surface area contributed by atoms with E-state index in [1.807, 2.05) is 19.9 Å². The molecular formula is C13H19N3O. The molecule has 2 rings (SSSR count). The number of carbonyl (C=O) groups is 1. The monoisotopic (exact) mass is 233 g/mol. The van der Waals surface area contributed by atoms with Gasteiger partial charge in [0.2, 0.25) is 0 Å². The topological polar surface area (TPSA) is 68.0 Å². The van der Waals surface area contributed by atoms with E-state index in [0.29, 0.717) is 11.4 Å². The number of aromatic nitrogens is 1. The summed E-state index contributed by atoms with van der Waals surface area (Å²) in [5, 5.41) is 3.02. The van der Waals surface area contributed by atoms with Crippen molar-refractivity contribution < 1.29 is 4.79 Å². The van der Waals surface area contributed by atoms with Crippen LogP contribution in [0.4, 0.5) is 5.82 Å². The Labute approximate surface area is 102 Å². The molecule has 4 heteroatoms. The van der Waals surface area contributed by atoms with Gasteiger partial charge in [0.15, 0.2) is 0 Å². The maximum Gasteiger partial charge on any atom is 0.251 e. The molecule has 1 aromatic rings. The Morgan fingerprint density at radius 3 is 2.65 bits per heavy atom. The number of carbonyl (C=O) groups excluding carboxylic acids is 1. The molecule has 0 saturated heterocycles. The van der Waals surface area contributed by atoms with Crippen LogP contribution in [0.15, 0.2) is 12.1 Å². The summed E-state index contributed by atoms with van der Waals surface area (Å²) in [5.74, 6) is 0.616. The Balaban J connectivity index is 2.22. The fourth-order valence-electron chi connectivity index (χ4n) is 1.66. The standard InChI is InChI=1S/C13H19N3O/c1-8(2)10-6-9(7-11(14)15-10)12(17)16-13(3)4-5-13/h6-8H,4-5H2,1-3H3,(H2,14,15)(H,16,17). The first-order valence-corrected chi connectivity index (χ1v) is 6.00. The fraction of sp³-hybridized carbons (Fsp3) is 0.538. The second-order valence-electron chi connectivity index (χ2n) is 5.38. The van der Waals surface area contributed by atoms with Crippen LogP contribution in [0.5, 0.6) is 0 Å². The summed E-state index contributed by atoms with van der Waals surface area (Å²) in [6, 6.07) is 3.45. The van der Waals surface area contributed by atoms with Gasteiger partial charge in [-0.2, -0.15) is 0 Å². The van der Waals surface area contributed by atoms with E-state index in [4.69, 9.17) is 5.73 Å². The molecule has 0 aliphatic heterocycles. The molecule has 1 amide bonds. The molecule has 1 aromatic heterocycles. The van der Waals surface area contributed by atoms with Crippen LogP contribution in [0.2, 0.25) is 0 Å². The number of nitrogens with one attached hydrogen (secondary N) is 1. The second-order valence-corrected chi connectivity index (χ2v) is 5.38. The number of pyridine rings is 1. The summed E-state index contributed by atoms with van der Waals surface area (Å²) < 4.78 is 0. The summed E-state index contributed by atoms with van der Waals surface area (Å²) in [6.45, 7) is 6.12. The van der Waals surface area contributed by atoms with Crippen molar-refractivity contribution in [3.05, 3.63) is 23.4 Å². The van der Waals surface area contributed by atoms with Crippen LogP contribution >= 0.6 is 0 Å². The minimum Gasteiger partial charge on any atom is -0.384 e. The second kappa shape index (κ2) is 4.02. The zero-order valence-corrected chi connectivity index (χ0v) is 10.6. The van der Waals surface area contributed by atoms with Crippen molar-refractivity contribution in [2.24, 2.45) is 0 Å². The first kappa shape index (κ1) is 11.9. The Kier molecular flexibility index (Phi) is 2.81. The molecule has 0 radical (unpaired) electrons. The number of nitrogens with two attached hydrogens (primary N) is 1. The maximum atomic E-state index is 12.0. The van der Waals surface area contributed by atoms with Crippen molar-refractivity contribution in [3.8, 4) is 0 Å². The van der Waals surface area contributed by atoms with E-state index in [1.54, 1.807) is 6.07 Å². The number of anilines is 1. The normalized spacial score (nSPS) is 16.9.